The highest BCUT2D eigenvalue weighted by molar-refractivity contribution is 7.89. The van der Waals surface area contributed by atoms with E-state index in [0.29, 0.717) is 12.5 Å². The number of benzene rings is 1. The monoisotopic (exact) mass is 299 g/mol. The zero-order valence-electron chi connectivity index (χ0n) is 11.3. The molecule has 8 heteroatoms. The molecule has 1 saturated carbocycles. The van der Waals surface area contributed by atoms with E-state index in [1.54, 1.807) is 0 Å². The van der Waals surface area contributed by atoms with E-state index in [0.717, 1.165) is 12.5 Å². The summed E-state index contributed by atoms with van der Waals surface area (Å²) in [4.78, 5) is 9.93. The summed E-state index contributed by atoms with van der Waals surface area (Å²) in [6.45, 7) is 4.48. The quantitative estimate of drug-likeness (QED) is 0.485. The third kappa shape index (κ3) is 2.91. The van der Waals surface area contributed by atoms with E-state index in [9.17, 15) is 18.5 Å². The number of rotatable bonds is 5. The molecule has 0 spiro atoms. The van der Waals surface area contributed by atoms with Crippen molar-refractivity contribution in [2.24, 2.45) is 11.3 Å². The highest BCUT2D eigenvalue weighted by Crippen LogP contribution is 2.51. The molecule has 1 aromatic carbocycles. The molecular weight excluding hydrogens is 282 g/mol. The van der Waals surface area contributed by atoms with Crippen LogP contribution in [0.25, 0.3) is 0 Å². The summed E-state index contributed by atoms with van der Waals surface area (Å²) in [6.07, 6.45) is 0.970. The Bertz CT molecular complexity index is 655. The highest BCUT2D eigenvalue weighted by Gasteiger charge is 2.45. The van der Waals surface area contributed by atoms with Crippen LogP contribution in [0.1, 0.15) is 20.3 Å². The van der Waals surface area contributed by atoms with Gasteiger partial charge in [0.2, 0.25) is 10.0 Å². The van der Waals surface area contributed by atoms with E-state index in [-0.39, 0.29) is 16.0 Å². The second-order valence-electron chi connectivity index (χ2n) is 5.72. The summed E-state index contributed by atoms with van der Waals surface area (Å²) in [7, 11) is -3.75. The molecule has 0 heterocycles. The molecule has 1 atom stereocenters. The van der Waals surface area contributed by atoms with E-state index in [2.05, 4.69) is 18.6 Å². The SMILES string of the molecule is CC1(C)CC1CNS(=O)(=O)c1ccc(N)c([N+](=O)[O-])c1. The van der Waals surface area contributed by atoms with Crippen molar-refractivity contribution < 1.29 is 13.3 Å². The maximum absolute atomic E-state index is 12.1. The fourth-order valence-corrected chi connectivity index (χ4v) is 3.17. The van der Waals surface area contributed by atoms with Crippen molar-refractivity contribution in [2.45, 2.75) is 25.2 Å². The van der Waals surface area contributed by atoms with Gasteiger partial charge in [-0.1, -0.05) is 13.8 Å². The Hall–Kier alpha value is -1.67. The Labute approximate surface area is 117 Å². The zero-order valence-corrected chi connectivity index (χ0v) is 12.1. The molecule has 3 N–H and O–H groups in total. The lowest BCUT2D eigenvalue weighted by molar-refractivity contribution is -0.384. The van der Waals surface area contributed by atoms with Crippen LogP contribution in [0.5, 0.6) is 0 Å². The molecule has 7 nitrogen and oxygen atoms in total. The highest BCUT2D eigenvalue weighted by atomic mass is 32.2. The van der Waals surface area contributed by atoms with E-state index in [1.807, 2.05) is 0 Å². The second-order valence-corrected chi connectivity index (χ2v) is 7.49. The van der Waals surface area contributed by atoms with Crippen molar-refractivity contribution in [2.75, 3.05) is 12.3 Å². The summed E-state index contributed by atoms with van der Waals surface area (Å²) >= 11 is 0. The van der Waals surface area contributed by atoms with E-state index in [4.69, 9.17) is 5.73 Å². The smallest absolute Gasteiger partial charge is 0.293 e. The standard InChI is InChI=1S/C12H17N3O4S/c1-12(2)6-8(12)7-14-20(18,19)9-3-4-10(13)11(5-9)15(16)17/h3-5,8,14H,6-7,13H2,1-2H3. The van der Waals surface area contributed by atoms with Gasteiger partial charge in [0.1, 0.15) is 5.69 Å². The predicted molar refractivity (Wildman–Crippen MR) is 74.6 cm³/mol. The van der Waals surface area contributed by atoms with Crippen LogP contribution in [0.15, 0.2) is 23.1 Å². The van der Waals surface area contributed by atoms with Crippen LogP contribution >= 0.6 is 0 Å². The zero-order chi connectivity index (χ0) is 15.1. The Morgan fingerprint density at radius 1 is 1.50 bits per heavy atom. The Morgan fingerprint density at radius 2 is 2.10 bits per heavy atom. The molecule has 0 bridgehead atoms. The van der Waals surface area contributed by atoms with Crippen molar-refractivity contribution >= 4 is 21.4 Å². The maximum atomic E-state index is 12.1. The number of hydrogen-bond donors (Lipinski definition) is 2. The minimum absolute atomic E-state index is 0.0581. The van der Waals surface area contributed by atoms with Crippen molar-refractivity contribution in [3.8, 4) is 0 Å². The lowest BCUT2D eigenvalue weighted by Crippen LogP contribution is -2.27. The minimum Gasteiger partial charge on any atom is -0.393 e. The summed E-state index contributed by atoms with van der Waals surface area (Å²) in [6, 6.07) is 3.48. The number of nitrogens with two attached hydrogens (primary N) is 1. The molecule has 1 unspecified atom stereocenters. The molecule has 0 aliphatic heterocycles. The normalized spacial score (nSPS) is 20.6. The van der Waals surface area contributed by atoms with Crippen molar-refractivity contribution in [3.05, 3.63) is 28.3 Å². The fraction of sp³-hybridized carbons (Fsp3) is 0.500. The number of nitrogen functional groups attached to an aromatic ring is 1. The molecule has 0 aromatic heterocycles. The van der Waals surface area contributed by atoms with Crippen LogP contribution in [-0.4, -0.2) is 19.9 Å². The fourth-order valence-electron chi connectivity index (χ4n) is 2.07. The summed E-state index contributed by atoms with van der Waals surface area (Å²) in [5, 5.41) is 10.8. The lowest BCUT2D eigenvalue weighted by Gasteiger charge is -2.08. The number of nitrogens with one attached hydrogen (secondary N) is 1. The van der Waals surface area contributed by atoms with Gasteiger partial charge in [-0.25, -0.2) is 13.1 Å². The van der Waals surface area contributed by atoms with Crippen molar-refractivity contribution in [3.63, 3.8) is 0 Å². The number of sulfonamides is 1. The maximum Gasteiger partial charge on any atom is 0.293 e. The Balaban J connectivity index is 2.17. The Morgan fingerprint density at radius 3 is 2.60 bits per heavy atom. The Kier molecular flexibility index (Phi) is 3.47. The van der Waals surface area contributed by atoms with Crippen LogP contribution in [0, 0.1) is 21.4 Å². The first-order chi connectivity index (χ1) is 9.13. The van der Waals surface area contributed by atoms with Crippen LogP contribution in [0.2, 0.25) is 0 Å². The van der Waals surface area contributed by atoms with Gasteiger partial charge in [-0.15, -0.1) is 0 Å². The molecule has 0 amide bonds. The molecule has 20 heavy (non-hydrogen) atoms. The van der Waals surface area contributed by atoms with Gasteiger partial charge in [0.15, 0.2) is 0 Å². The molecule has 1 fully saturated rings. The summed E-state index contributed by atoms with van der Waals surface area (Å²) in [5.41, 5.74) is 5.15. The topological polar surface area (TPSA) is 115 Å². The van der Waals surface area contributed by atoms with Gasteiger partial charge in [-0.05, 0) is 29.9 Å². The van der Waals surface area contributed by atoms with Crippen LogP contribution in [-0.2, 0) is 10.0 Å². The van der Waals surface area contributed by atoms with E-state index < -0.39 is 20.6 Å². The molecule has 0 saturated heterocycles. The number of anilines is 1. The van der Waals surface area contributed by atoms with Crippen LogP contribution in [0.4, 0.5) is 11.4 Å². The molecule has 1 aromatic rings. The van der Waals surface area contributed by atoms with Gasteiger partial charge >= 0.3 is 0 Å². The second kappa shape index (κ2) is 4.71. The molecule has 110 valence electrons. The lowest BCUT2D eigenvalue weighted by atomic mass is 10.1. The molecule has 2 rings (SSSR count). The summed E-state index contributed by atoms with van der Waals surface area (Å²) in [5.74, 6) is 0.307. The van der Waals surface area contributed by atoms with Gasteiger partial charge < -0.3 is 5.73 Å². The number of nitrogens with zero attached hydrogens (tertiary/aromatic N) is 1. The minimum atomic E-state index is -3.75. The predicted octanol–water partition coefficient (Wildman–Crippen LogP) is 1.50. The third-order valence-electron chi connectivity index (χ3n) is 3.75. The molecule has 0 radical (unpaired) electrons. The molecular formula is C12H17N3O4S. The largest absolute Gasteiger partial charge is 0.393 e. The molecule has 1 aliphatic carbocycles. The van der Waals surface area contributed by atoms with E-state index in [1.165, 1.54) is 12.1 Å². The van der Waals surface area contributed by atoms with Crippen molar-refractivity contribution in [1.82, 2.24) is 4.72 Å². The number of hydrogen-bond acceptors (Lipinski definition) is 5. The van der Waals surface area contributed by atoms with Gasteiger partial charge in [0.25, 0.3) is 5.69 Å². The average Bonchev–Trinajstić information content (AvgIpc) is 2.95. The van der Waals surface area contributed by atoms with Crippen molar-refractivity contribution in [1.29, 1.82) is 0 Å². The first-order valence-corrected chi connectivity index (χ1v) is 7.65. The van der Waals surface area contributed by atoms with E-state index >= 15 is 0 Å². The van der Waals surface area contributed by atoms with Gasteiger partial charge in [-0.3, -0.25) is 10.1 Å². The molecule has 1 aliphatic rings. The van der Waals surface area contributed by atoms with Gasteiger partial charge in [-0.2, -0.15) is 0 Å². The third-order valence-corrected chi connectivity index (χ3v) is 5.17. The number of nitro benzene ring substituents is 1. The van der Waals surface area contributed by atoms with Gasteiger partial charge in [0.05, 0.1) is 9.82 Å². The number of nitro groups is 1. The van der Waals surface area contributed by atoms with Crippen LogP contribution < -0.4 is 10.5 Å². The first kappa shape index (κ1) is 14.7. The van der Waals surface area contributed by atoms with Crippen LogP contribution in [0.3, 0.4) is 0 Å². The van der Waals surface area contributed by atoms with Gasteiger partial charge in [0, 0.05) is 12.6 Å². The first-order valence-electron chi connectivity index (χ1n) is 6.17. The summed E-state index contributed by atoms with van der Waals surface area (Å²) < 4.78 is 26.7. The average molecular weight is 299 g/mol.